The van der Waals surface area contributed by atoms with Crippen LogP contribution in [0.25, 0.3) is 0 Å². The van der Waals surface area contributed by atoms with Gasteiger partial charge in [-0.2, -0.15) is 0 Å². The lowest BCUT2D eigenvalue weighted by molar-refractivity contribution is 0.543. The summed E-state index contributed by atoms with van der Waals surface area (Å²) in [4.78, 5) is 4.44. The molecule has 0 atom stereocenters. The molecule has 0 bridgehead atoms. The van der Waals surface area contributed by atoms with Gasteiger partial charge in [-0.25, -0.2) is 9.37 Å². The smallest absolute Gasteiger partial charge is 0.131 e. The van der Waals surface area contributed by atoms with Gasteiger partial charge in [-0.15, -0.1) is 0 Å². The number of hydrogen-bond acceptors (Lipinski definition) is 1. The van der Waals surface area contributed by atoms with Gasteiger partial charge in [-0.3, -0.25) is 0 Å². The van der Waals surface area contributed by atoms with E-state index in [1.54, 1.807) is 6.07 Å². The molecule has 15 heavy (non-hydrogen) atoms. The maximum atomic E-state index is 13.9. The summed E-state index contributed by atoms with van der Waals surface area (Å²) in [5.74, 6) is 0.283. The van der Waals surface area contributed by atoms with Gasteiger partial charge in [0.1, 0.15) is 10.4 Å². The van der Waals surface area contributed by atoms with Gasteiger partial charge in [0.2, 0.25) is 0 Å². The average Bonchev–Trinajstić information content (AvgIpc) is 2.84. The van der Waals surface area contributed by atoms with E-state index in [1.165, 1.54) is 0 Å². The number of hydrogen-bond donors (Lipinski definition) is 0. The molecule has 1 nitrogen and oxygen atoms in total. The lowest BCUT2D eigenvalue weighted by Crippen LogP contribution is -2.15. The highest BCUT2D eigenvalue weighted by molar-refractivity contribution is 9.10. The highest BCUT2D eigenvalue weighted by atomic mass is 79.9. The second-order valence-corrected chi connectivity index (χ2v) is 5.97. The van der Waals surface area contributed by atoms with Crippen molar-refractivity contribution in [3.8, 4) is 0 Å². The van der Waals surface area contributed by atoms with E-state index in [0.717, 1.165) is 24.1 Å². The second kappa shape index (κ2) is 3.55. The number of nitrogens with zero attached hydrogens (tertiary/aromatic N) is 1. The van der Waals surface area contributed by atoms with Crippen molar-refractivity contribution in [3.63, 3.8) is 0 Å². The van der Waals surface area contributed by atoms with Gasteiger partial charge >= 0.3 is 0 Å². The lowest BCUT2D eigenvalue weighted by atomic mass is 9.91. The molecule has 1 fully saturated rings. The van der Waals surface area contributed by atoms with Crippen molar-refractivity contribution in [1.29, 1.82) is 0 Å². The zero-order valence-electron chi connectivity index (χ0n) is 9.27. The second-order valence-electron chi connectivity index (χ2n) is 5.22. The van der Waals surface area contributed by atoms with Crippen molar-refractivity contribution >= 4 is 15.9 Å². The summed E-state index contributed by atoms with van der Waals surface area (Å²) in [6.45, 7) is 6.12. The van der Waals surface area contributed by atoms with Crippen molar-refractivity contribution < 1.29 is 4.39 Å². The molecule has 1 aliphatic rings. The Morgan fingerprint density at radius 1 is 1.40 bits per heavy atom. The van der Waals surface area contributed by atoms with Crippen LogP contribution in [0, 0.1) is 5.82 Å². The Bertz CT molecular complexity index is 368. The molecule has 3 heteroatoms. The van der Waals surface area contributed by atoms with Gasteiger partial charge in [0.25, 0.3) is 0 Å². The fraction of sp³-hybridized carbons (Fsp3) is 0.583. The van der Waals surface area contributed by atoms with Crippen LogP contribution in [0.1, 0.15) is 50.8 Å². The quantitative estimate of drug-likeness (QED) is 0.699. The first-order chi connectivity index (χ1) is 6.89. The fourth-order valence-electron chi connectivity index (χ4n) is 1.61. The van der Waals surface area contributed by atoms with Crippen molar-refractivity contribution in [3.05, 3.63) is 27.7 Å². The van der Waals surface area contributed by atoms with Gasteiger partial charge in [0.05, 0.1) is 0 Å². The van der Waals surface area contributed by atoms with Crippen molar-refractivity contribution in [2.75, 3.05) is 0 Å². The minimum Gasteiger partial charge on any atom is -0.245 e. The van der Waals surface area contributed by atoms with Crippen molar-refractivity contribution in [1.82, 2.24) is 4.98 Å². The van der Waals surface area contributed by atoms with E-state index in [2.05, 4.69) is 20.9 Å². The topological polar surface area (TPSA) is 12.9 Å². The van der Waals surface area contributed by atoms with Crippen LogP contribution in [0.4, 0.5) is 4.39 Å². The zero-order chi connectivity index (χ0) is 11.2. The number of aromatic nitrogens is 1. The van der Waals surface area contributed by atoms with Crippen LogP contribution in [0.3, 0.4) is 0 Å². The number of pyridine rings is 1. The van der Waals surface area contributed by atoms with Crippen LogP contribution in [-0.2, 0) is 5.41 Å². The van der Waals surface area contributed by atoms with Crippen LogP contribution >= 0.6 is 15.9 Å². The molecule has 1 heterocycles. The van der Waals surface area contributed by atoms with Crippen molar-refractivity contribution in [2.24, 2.45) is 0 Å². The molecule has 0 N–H and O–H groups in total. The Hall–Kier alpha value is -0.440. The predicted octanol–water partition coefficient (Wildman–Crippen LogP) is 4.16. The van der Waals surface area contributed by atoms with E-state index < -0.39 is 0 Å². The fourth-order valence-corrected chi connectivity index (χ4v) is 2.32. The number of rotatable bonds is 1. The van der Waals surface area contributed by atoms with E-state index in [-0.39, 0.29) is 11.2 Å². The van der Waals surface area contributed by atoms with Crippen LogP contribution < -0.4 is 0 Å². The van der Waals surface area contributed by atoms with E-state index in [1.807, 2.05) is 20.8 Å². The van der Waals surface area contributed by atoms with Gasteiger partial charge < -0.3 is 0 Å². The first kappa shape index (κ1) is 11.1. The van der Waals surface area contributed by atoms with Crippen molar-refractivity contribution in [2.45, 2.75) is 44.9 Å². The third-order valence-corrected chi connectivity index (χ3v) is 3.32. The predicted molar refractivity (Wildman–Crippen MR) is 62.6 cm³/mol. The van der Waals surface area contributed by atoms with Gasteiger partial charge in [0, 0.05) is 16.7 Å². The SMILES string of the molecule is CC(C)(C)c1cc(F)c(C2CC2)c(Br)n1. The first-order valence-electron chi connectivity index (χ1n) is 5.26. The maximum Gasteiger partial charge on any atom is 0.131 e. The summed E-state index contributed by atoms with van der Waals surface area (Å²) in [6.07, 6.45) is 2.18. The Morgan fingerprint density at radius 2 is 2.00 bits per heavy atom. The summed E-state index contributed by atoms with van der Waals surface area (Å²) in [7, 11) is 0. The zero-order valence-corrected chi connectivity index (χ0v) is 10.9. The highest BCUT2D eigenvalue weighted by Gasteiger charge is 2.30. The third-order valence-electron chi connectivity index (χ3n) is 2.72. The van der Waals surface area contributed by atoms with E-state index >= 15 is 0 Å². The van der Waals surface area contributed by atoms with E-state index in [9.17, 15) is 4.39 Å². The largest absolute Gasteiger partial charge is 0.245 e. The molecule has 1 saturated carbocycles. The standard InChI is InChI=1S/C12H15BrFN/c1-12(2,3)9-6-8(14)10(7-4-5-7)11(13)15-9/h6-7H,4-5H2,1-3H3. The Morgan fingerprint density at radius 3 is 2.40 bits per heavy atom. The first-order valence-corrected chi connectivity index (χ1v) is 6.05. The Labute approximate surface area is 98.2 Å². The average molecular weight is 272 g/mol. The highest BCUT2D eigenvalue weighted by Crippen LogP contribution is 2.44. The van der Waals surface area contributed by atoms with Gasteiger partial charge in [-0.05, 0) is 40.8 Å². The summed E-state index contributed by atoms with van der Waals surface area (Å²) in [5.41, 5.74) is 1.46. The van der Waals surface area contributed by atoms with Gasteiger partial charge in [-0.1, -0.05) is 20.8 Å². The van der Waals surface area contributed by atoms with Crippen LogP contribution in [-0.4, -0.2) is 4.98 Å². The molecule has 0 saturated heterocycles. The summed E-state index contributed by atoms with van der Waals surface area (Å²) >= 11 is 3.38. The van der Waals surface area contributed by atoms with E-state index in [0.29, 0.717) is 10.5 Å². The van der Waals surface area contributed by atoms with Crippen LogP contribution in [0.2, 0.25) is 0 Å². The molecule has 0 unspecified atom stereocenters. The maximum absolute atomic E-state index is 13.9. The summed E-state index contributed by atoms with van der Waals surface area (Å²) < 4.78 is 14.6. The lowest BCUT2D eigenvalue weighted by Gasteiger charge is -2.19. The molecule has 0 radical (unpaired) electrons. The van der Waals surface area contributed by atoms with Crippen LogP contribution in [0.5, 0.6) is 0 Å². The number of halogens is 2. The Kier molecular flexibility index (Phi) is 2.61. The normalized spacial score (nSPS) is 16.9. The molecular formula is C12H15BrFN. The molecule has 0 aliphatic heterocycles. The minimum atomic E-state index is -0.107. The molecule has 82 valence electrons. The molecular weight excluding hydrogens is 257 g/mol. The molecule has 2 rings (SSSR count). The summed E-state index contributed by atoms with van der Waals surface area (Å²) in [5, 5.41) is 0. The monoisotopic (exact) mass is 271 g/mol. The molecule has 0 spiro atoms. The third kappa shape index (κ3) is 2.22. The minimum absolute atomic E-state index is 0.106. The van der Waals surface area contributed by atoms with Gasteiger partial charge in [0.15, 0.2) is 0 Å². The summed E-state index contributed by atoms with van der Waals surface area (Å²) in [6, 6.07) is 1.58. The molecule has 0 amide bonds. The van der Waals surface area contributed by atoms with E-state index in [4.69, 9.17) is 0 Å². The molecule has 1 aliphatic carbocycles. The molecule has 1 aromatic rings. The molecule has 1 aromatic heterocycles. The Balaban J connectivity index is 2.47. The van der Waals surface area contributed by atoms with Crippen LogP contribution in [0.15, 0.2) is 10.7 Å². The molecule has 0 aromatic carbocycles.